The molecule has 0 saturated heterocycles. The molecule has 0 aromatic rings. The predicted molar refractivity (Wildman–Crippen MR) is 63.5 cm³/mol. The van der Waals surface area contributed by atoms with Gasteiger partial charge in [0, 0.05) is 6.54 Å². The second-order valence-electron chi connectivity index (χ2n) is 4.34. The number of hydrogen-bond acceptors (Lipinski definition) is 1. The van der Waals surface area contributed by atoms with Crippen molar-refractivity contribution in [3.63, 3.8) is 0 Å². The van der Waals surface area contributed by atoms with Crippen molar-refractivity contribution in [2.24, 2.45) is 0 Å². The van der Waals surface area contributed by atoms with Gasteiger partial charge in [0.25, 0.3) is 0 Å². The highest BCUT2D eigenvalue weighted by Crippen LogP contribution is 2.19. The van der Waals surface area contributed by atoms with Crippen molar-refractivity contribution in [2.75, 3.05) is 13.1 Å². The summed E-state index contributed by atoms with van der Waals surface area (Å²) in [5.74, 6) is 0. The molecule has 0 radical (unpaired) electrons. The molecule has 0 aromatic carbocycles. The van der Waals surface area contributed by atoms with Crippen LogP contribution >= 0.6 is 0 Å². The molecule has 1 heteroatoms. The van der Waals surface area contributed by atoms with Gasteiger partial charge in [0.2, 0.25) is 0 Å². The van der Waals surface area contributed by atoms with Gasteiger partial charge < -0.3 is 5.32 Å². The summed E-state index contributed by atoms with van der Waals surface area (Å²) in [6.45, 7) is 6.45. The number of rotatable bonds is 5. The first-order chi connectivity index (χ1) is 6.79. The SMILES string of the molecule is CC(C)=CCNCCC1=CCCCC1. The van der Waals surface area contributed by atoms with Crippen LogP contribution in [-0.2, 0) is 0 Å². The van der Waals surface area contributed by atoms with E-state index in [1.807, 2.05) is 0 Å². The zero-order valence-electron chi connectivity index (χ0n) is 9.60. The van der Waals surface area contributed by atoms with Crippen molar-refractivity contribution in [3.8, 4) is 0 Å². The summed E-state index contributed by atoms with van der Waals surface area (Å²) in [7, 11) is 0. The van der Waals surface area contributed by atoms with Gasteiger partial charge in [-0.25, -0.2) is 0 Å². The zero-order valence-corrected chi connectivity index (χ0v) is 9.60. The Morgan fingerprint density at radius 3 is 2.93 bits per heavy atom. The van der Waals surface area contributed by atoms with Gasteiger partial charge in [-0.05, 0) is 52.5 Å². The normalized spacial score (nSPS) is 16.3. The molecule has 0 aromatic heterocycles. The van der Waals surface area contributed by atoms with Gasteiger partial charge in [-0.15, -0.1) is 0 Å². The van der Waals surface area contributed by atoms with Crippen LogP contribution in [0.3, 0.4) is 0 Å². The van der Waals surface area contributed by atoms with Crippen LogP contribution in [0, 0.1) is 0 Å². The maximum atomic E-state index is 3.45. The van der Waals surface area contributed by atoms with Crippen molar-refractivity contribution in [1.82, 2.24) is 5.32 Å². The highest BCUT2D eigenvalue weighted by Gasteiger charge is 2.01. The maximum absolute atomic E-state index is 3.45. The molecule has 1 aliphatic carbocycles. The van der Waals surface area contributed by atoms with E-state index in [0.717, 1.165) is 13.1 Å². The molecule has 0 saturated carbocycles. The van der Waals surface area contributed by atoms with Gasteiger partial charge in [0.15, 0.2) is 0 Å². The summed E-state index contributed by atoms with van der Waals surface area (Å²) in [5.41, 5.74) is 3.07. The average Bonchev–Trinajstić information content (AvgIpc) is 2.18. The fraction of sp³-hybridized carbons (Fsp3) is 0.692. The van der Waals surface area contributed by atoms with Crippen molar-refractivity contribution in [1.29, 1.82) is 0 Å². The molecule has 0 bridgehead atoms. The van der Waals surface area contributed by atoms with E-state index in [-0.39, 0.29) is 0 Å². The summed E-state index contributed by atoms with van der Waals surface area (Å²) in [6, 6.07) is 0. The smallest absolute Gasteiger partial charge is 0.0137 e. The van der Waals surface area contributed by atoms with Crippen molar-refractivity contribution < 1.29 is 0 Å². The summed E-state index contributed by atoms with van der Waals surface area (Å²) in [4.78, 5) is 0. The highest BCUT2D eigenvalue weighted by molar-refractivity contribution is 5.05. The lowest BCUT2D eigenvalue weighted by atomic mass is 9.97. The molecular formula is C13H23N. The summed E-state index contributed by atoms with van der Waals surface area (Å²) < 4.78 is 0. The molecule has 1 rings (SSSR count). The van der Waals surface area contributed by atoms with Crippen molar-refractivity contribution in [2.45, 2.75) is 46.0 Å². The molecule has 0 heterocycles. The Bertz CT molecular complexity index is 209. The minimum Gasteiger partial charge on any atom is -0.313 e. The van der Waals surface area contributed by atoms with Crippen LogP contribution in [0.2, 0.25) is 0 Å². The Kier molecular flexibility index (Phi) is 5.62. The van der Waals surface area contributed by atoms with Gasteiger partial charge in [0.05, 0.1) is 0 Å². The summed E-state index contributed by atoms with van der Waals surface area (Å²) in [6.07, 6.45) is 11.4. The number of hydrogen-bond donors (Lipinski definition) is 1. The Labute approximate surface area is 88.3 Å². The monoisotopic (exact) mass is 193 g/mol. The van der Waals surface area contributed by atoms with E-state index in [1.54, 1.807) is 5.57 Å². The third-order valence-electron chi connectivity index (χ3n) is 2.66. The molecule has 14 heavy (non-hydrogen) atoms. The molecule has 1 N–H and O–H groups in total. The third-order valence-corrected chi connectivity index (χ3v) is 2.66. The highest BCUT2D eigenvalue weighted by atomic mass is 14.8. The first kappa shape index (κ1) is 11.5. The molecule has 0 spiro atoms. The van der Waals surface area contributed by atoms with E-state index < -0.39 is 0 Å². The topological polar surface area (TPSA) is 12.0 Å². The molecule has 0 amide bonds. The quantitative estimate of drug-likeness (QED) is 0.521. The lowest BCUT2D eigenvalue weighted by molar-refractivity contribution is 0.650. The van der Waals surface area contributed by atoms with Gasteiger partial charge in [-0.3, -0.25) is 0 Å². The Morgan fingerprint density at radius 2 is 2.29 bits per heavy atom. The standard InChI is InChI=1S/C13H23N/c1-12(2)8-10-14-11-9-13-6-4-3-5-7-13/h6,8,14H,3-5,7,9-11H2,1-2H3. The Morgan fingerprint density at radius 1 is 1.43 bits per heavy atom. The van der Waals surface area contributed by atoms with Crippen LogP contribution in [0.5, 0.6) is 0 Å². The second-order valence-corrected chi connectivity index (χ2v) is 4.34. The van der Waals surface area contributed by atoms with Crippen LogP contribution in [0.15, 0.2) is 23.3 Å². The van der Waals surface area contributed by atoms with Gasteiger partial charge in [-0.1, -0.05) is 23.3 Å². The molecule has 0 aliphatic heterocycles. The van der Waals surface area contributed by atoms with E-state index in [2.05, 4.69) is 31.3 Å². The van der Waals surface area contributed by atoms with Gasteiger partial charge >= 0.3 is 0 Å². The summed E-state index contributed by atoms with van der Waals surface area (Å²) >= 11 is 0. The van der Waals surface area contributed by atoms with E-state index in [9.17, 15) is 0 Å². The summed E-state index contributed by atoms with van der Waals surface area (Å²) in [5, 5.41) is 3.45. The lowest BCUT2D eigenvalue weighted by Crippen LogP contribution is -2.16. The minimum absolute atomic E-state index is 1.02. The number of nitrogens with one attached hydrogen (secondary N) is 1. The molecule has 1 aliphatic rings. The van der Waals surface area contributed by atoms with Crippen LogP contribution in [0.1, 0.15) is 46.0 Å². The van der Waals surface area contributed by atoms with E-state index >= 15 is 0 Å². The average molecular weight is 193 g/mol. The molecule has 0 atom stereocenters. The Hall–Kier alpha value is -0.560. The molecular weight excluding hydrogens is 170 g/mol. The lowest BCUT2D eigenvalue weighted by Gasteiger charge is -2.12. The van der Waals surface area contributed by atoms with Crippen LogP contribution < -0.4 is 5.32 Å². The second kappa shape index (κ2) is 6.83. The largest absolute Gasteiger partial charge is 0.313 e. The first-order valence-electron chi connectivity index (χ1n) is 5.81. The molecule has 0 unspecified atom stereocenters. The molecule has 1 nitrogen and oxygen atoms in total. The zero-order chi connectivity index (χ0) is 10.2. The van der Waals surface area contributed by atoms with Gasteiger partial charge in [-0.2, -0.15) is 0 Å². The van der Waals surface area contributed by atoms with E-state index in [0.29, 0.717) is 0 Å². The minimum atomic E-state index is 1.02. The van der Waals surface area contributed by atoms with Crippen LogP contribution in [0.25, 0.3) is 0 Å². The third kappa shape index (κ3) is 5.23. The predicted octanol–water partition coefficient (Wildman–Crippen LogP) is 3.43. The Balaban J connectivity index is 2.03. The molecule has 80 valence electrons. The van der Waals surface area contributed by atoms with E-state index in [1.165, 1.54) is 37.7 Å². The first-order valence-corrected chi connectivity index (χ1v) is 5.81. The maximum Gasteiger partial charge on any atom is 0.0137 e. The fourth-order valence-corrected chi connectivity index (χ4v) is 1.76. The van der Waals surface area contributed by atoms with Crippen molar-refractivity contribution in [3.05, 3.63) is 23.3 Å². The van der Waals surface area contributed by atoms with Crippen molar-refractivity contribution >= 4 is 0 Å². The van der Waals surface area contributed by atoms with Gasteiger partial charge in [0.1, 0.15) is 0 Å². The van der Waals surface area contributed by atoms with Crippen LogP contribution in [0.4, 0.5) is 0 Å². The van der Waals surface area contributed by atoms with E-state index in [4.69, 9.17) is 0 Å². The van der Waals surface area contributed by atoms with Crippen LogP contribution in [-0.4, -0.2) is 13.1 Å². The number of allylic oxidation sites excluding steroid dienone is 2. The molecule has 0 fully saturated rings. The fourth-order valence-electron chi connectivity index (χ4n) is 1.76.